The molecule has 0 saturated heterocycles. The number of halogens is 1. The van der Waals surface area contributed by atoms with Crippen LogP contribution in [0.4, 0.5) is 4.39 Å². The maximum Gasteiger partial charge on any atom is 0.145 e. The Morgan fingerprint density at radius 3 is 2.76 bits per heavy atom. The lowest BCUT2D eigenvalue weighted by molar-refractivity contribution is 0.474. The zero-order chi connectivity index (χ0) is 12.1. The molecule has 17 heavy (non-hydrogen) atoms. The summed E-state index contributed by atoms with van der Waals surface area (Å²) in [5.41, 5.74) is 0.930. The summed E-state index contributed by atoms with van der Waals surface area (Å²) in [7, 11) is 1.86. The van der Waals surface area contributed by atoms with Gasteiger partial charge in [0.2, 0.25) is 0 Å². The molecule has 3 nitrogen and oxygen atoms in total. The molecule has 1 aromatic carbocycles. The molecular weight excluding hydrogens is 219 g/mol. The van der Waals surface area contributed by atoms with Crippen molar-refractivity contribution in [1.29, 1.82) is 0 Å². The lowest BCUT2D eigenvalue weighted by Crippen LogP contribution is -2.06. The van der Waals surface area contributed by atoms with Gasteiger partial charge in [-0.05, 0) is 31.3 Å². The third kappa shape index (κ3) is 3.26. The van der Waals surface area contributed by atoms with Gasteiger partial charge in [-0.25, -0.2) is 4.39 Å². The third-order valence-electron chi connectivity index (χ3n) is 2.19. The second-order valence-electron chi connectivity index (χ2n) is 3.58. The van der Waals surface area contributed by atoms with E-state index in [1.807, 2.05) is 19.2 Å². The van der Waals surface area contributed by atoms with Crippen LogP contribution in [-0.4, -0.2) is 12.0 Å². The topological polar surface area (TPSA) is 34.1 Å². The number of hydrogen-bond acceptors (Lipinski definition) is 3. The first kappa shape index (κ1) is 11.5. The molecule has 0 aliphatic carbocycles. The van der Waals surface area contributed by atoms with Gasteiger partial charge in [-0.2, -0.15) is 0 Å². The van der Waals surface area contributed by atoms with E-state index in [9.17, 15) is 4.39 Å². The number of aromatic nitrogens is 1. The molecule has 0 aliphatic heterocycles. The van der Waals surface area contributed by atoms with Crippen LogP contribution < -0.4 is 10.1 Å². The highest BCUT2D eigenvalue weighted by molar-refractivity contribution is 5.30. The molecule has 1 aromatic heterocycles. The minimum atomic E-state index is -0.317. The molecule has 0 amide bonds. The summed E-state index contributed by atoms with van der Waals surface area (Å²) in [5.74, 6) is 0.742. The molecule has 0 saturated carbocycles. The summed E-state index contributed by atoms with van der Waals surface area (Å²) in [6.07, 6.45) is 1.62. The first-order chi connectivity index (χ1) is 8.28. The van der Waals surface area contributed by atoms with Crippen LogP contribution in [0, 0.1) is 5.82 Å². The number of hydrogen-bond donors (Lipinski definition) is 1. The summed E-state index contributed by atoms with van der Waals surface area (Å²) < 4.78 is 18.4. The Labute approximate surface area is 99.3 Å². The standard InChI is InChI=1S/C13H13FN2O/c1-15-8-11-5-6-13(9-16-11)17-12-4-2-3-10(14)7-12/h2-7,9,15H,8H2,1H3. The van der Waals surface area contributed by atoms with Crippen molar-refractivity contribution >= 4 is 0 Å². The highest BCUT2D eigenvalue weighted by Gasteiger charge is 1.99. The average Bonchev–Trinajstić information content (AvgIpc) is 2.32. The predicted octanol–water partition coefficient (Wildman–Crippen LogP) is 2.73. The van der Waals surface area contributed by atoms with Crippen molar-refractivity contribution in [3.8, 4) is 11.5 Å². The Hall–Kier alpha value is -1.94. The predicted molar refractivity (Wildman–Crippen MR) is 63.5 cm³/mol. The van der Waals surface area contributed by atoms with Crippen LogP contribution in [0.15, 0.2) is 42.6 Å². The SMILES string of the molecule is CNCc1ccc(Oc2cccc(F)c2)cn1. The number of benzene rings is 1. The largest absolute Gasteiger partial charge is 0.456 e. The average molecular weight is 232 g/mol. The van der Waals surface area contributed by atoms with Gasteiger partial charge in [0.15, 0.2) is 0 Å². The summed E-state index contributed by atoms with van der Waals surface area (Å²) in [6.45, 7) is 0.709. The van der Waals surface area contributed by atoms with Gasteiger partial charge < -0.3 is 10.1 Å². The number of ether oxygens (including phenoxy) is 1. The molecule has 2 aromatic rings. The molecule has 0 unspecified atom stereocenters. The zero-order valence-corrected chi connectivity index (χ0v) is 9.48. The summed E-state index contributed by atoms with van der Waals surface area (Å²) >= 11 is 0. The molecule has 0 spiro atoms. The first-order valence-electron chi connectivity index (χ1n) is 5.31. The van der Waals surface area contributed by atoms with Gasteiger partial charge in [-0.3, -0.25) is 4.98 Å². The number of rotatable bonds is 4. The van der Waals surface area contributed by atoms with Crippen molar-refractivity contribution in [3.05, 3.63) is 54.1 Å². The molecular formula is C13H13FN2O. The van der Waals surface area contributed by atoms with E-state index in [0.717, 1.165) is 5.69 Å². The van der Waals surface area contributed by atoms with Gasteiger partial charge in [-0.15, -0.1) is 0 Å². The molecule has 0 fully saturated rings. The monoisotopic (exact) mass is 232 g/mol. The Balaban J connectivity index is 2.08. The van der Waals surface area contributed by atoms with Crippen molar-refractivity contribution in [3.63, 3.8) is 0 Å². The Kier molecular flexibility index (Phi) is 3.67. The van der Waals surface area contributed by atoms with E-state index in [1.165, 1.54) is 12.1 Å². The van der Waals surface area contributed by atoms with Crippen LogP contribution in [-0.2, 0) is 6.54 Å². The zero-order valence-electron chi connectivity index (χ0n) is 9.48. The minimum Gasteiger partial charge on any atom is -0.456 e. The van der Waals surface area contributed by atoms with Crippen LogP contribution in [0.3, 0.4) is 0 Å². The van der Waals surface area contributed by atoms with Crippen LogP contribution in [0.2, 0.25) is 0 Å². The maximum absolute atomic E-state index is 12.9. The van der Waals surface area contributed by atoms with Crippen molar-refractivity contribution in [1.82, 2.24) is 10.3 Å². The summed E-state index contributed by atoms with van der Waals surface area (Å²) in [5, 5.41) is 3.01. The van der Waals surface area contributed by atoms with Gasteiger partial charge in [0.25, 0.3) is 0 Å². The summed E-state index contributed by atoms with van der Waals surface area (Å²) in [4.78, 5) is 4.21. The molecule has 88 valence electrons. The minimum absolute atomic E-state index is 0.317. The van der Waals surface area contributed by atoms with Crippen molar-refractivity contribution in [2.75, 3.05) is 7.05 Å². The van der Waals surface area contributed by atoms with E-state index in [2.05, 4.69) is 10.3 Å². The number of nitrogens with one attached hydrogen (secondary N) is 1. The summed E-state index contributed by atoms with van der Waals surface area (Å²) in [6, 6.07) is 9.69. The molecule has 0 bridgehead atoms. The quantitative estimate of drug-likeness (QED) is 0.880. The molecule has 2 rings (SSSR count). The highest BCUT2D eigenvalue weighted by Crippen LogP contribution is 2.21. The lowest BCUT2D eigenvalue weighted by Gasteiger charge is -2.06. The fourth-order valence-corrected chi connectivity index (χ4v) is 1.42. The molecule has 1 heterocycles. The van der Waals surface area contributed by atoms with Gasteiger partial charge in [0.1, 0.15) is 17.3 Å². The maximum atomic E-state index is 12.9. The van der Waals surface area contributed by atoms with Crippen molar-refractivity contribution in [2.24, 2.45) is 0 Å². The fraction of sp³-hybridized carbons (Fsp3) is 0.154. The molecule has 4 heteroatoms. The van der Waals surface area contributed by atoms with Crippen LogP contribution in [0.25, 0.3) is 0 Å². The number of pyridine rings is 1. The normalized spacial score (nSPS) is 10.2. The molecule has 0 atom stereocenters. The van der Waals surface area contributed by atoms with Crippen LogP contribution >= 0.6 is 0 Å². The second-order valence-corrected chi connectivity index (χ2v) is 3.58. The third-order valence-corrected chi connectivity index (χ3v) is 2.19. The van der Waals surface area contributed by atoms with Gasteiger partial charge in [0.05, 0.1) is 11.9 Å². The van der Waals surface area contributed by atoms with Crippen LogP contribution in [0.1, 0.15) is 5.69 Å². The van der Waals surface area contributed by atoms with Crippen LogP contribution in [0.5, 0.6) is 11.5 Å². The second kappa shape index (κ2) is 5.41. The van der Waals surface area contributed by atoms with Gasteiger partial charge >= 0.3 is 0 Å². The van der Waals surface area contributed by atoms with Gasteiger partial charge in [-0.1, -0.05) is 6.07 Å². The van der Waals surface area contributed by atoms with Crippen molar-refractivity contribution in [2.45, 2.75) is 6.54 Å². The van der Waals surface area contributed by atoms with E-state index in [1.54, 1.807) is 18.3 Å². The fourth-order valence-electron chi connectivity index (χ4n) is 1.42. The van der Waals surface area contributed by atoms with E-state index >= 15 is 0 Å². The van der Waals surface area contributed by atoms with E-state index < -0.39 is 0 Å². The van der Waals surface area contributed by atoms with E-state index in [0.29, 0.717) is 18.0 Å². The highest BCUT2D eigenvalue weighted by atomic mass is 19.1. The van der Waals surface area contributed by atoms with E-state index in [4.69, 9.17) is 4.74 Å². The lowest BCUT2D eigenvalue weighted by atomic mass is 10.3. The number of nitrogens with zero attached hydrogens (tertiary/aromatic N) is 1. The Bertz CT molecular complexity index is 485. The molecule has 0 aliphatic rings. The van der Waals surface area contributed by atoms with Gasteiger partial charge in [0, 0.05) is 12.6 Å². The molecule has 0 radical (unpaired) electrons. The Morgan fingerprint density at radius 1 is 1.24 bits per heavy atom. The van der Waals surface area contributed by atoms with Crippen molar-refractivity contribution < 1.29 is 9.13 Å². The molecule has 1 N–H and O–H groups in total. The smallest absolute Gasteiger partial charge is 0.145 e. The van der Waals surface area contributed by atoms with E-state index in [-0.39, 0.29) is 5.82 Å². The first-order valence-corrected chi connectivity index (χ1v) is 5.31. The Morgan fingerprint density at radius 2 is 2.12 bits per heavy atom.